The Labute approximate surface area is 372 Å². The Morgan fingerprint density at radius 2 is 0.951 bits per heavy atom. The minimum Gasteiger partial charge on any atom is -0.376 e. The number of amides is 3. The van der Waals surface area contributed by atoms with E-state index in [0.29, 0.717) is 25.4 Å². The van der Waals surface area contributed by atoms with Crippen molar-refractivity contribution in [2.75, 3.05) is 72.8 Å². The Kier molecular flexibility index (Phi) is 20.3. The molecule has 3 N–H and O–H groups in total. The highest BCUT2D eigenvalue weighted by atomic mass is 32.2. The van der Waals surface area contributed by atoms with E-state index in [4.69, 9.17) is 4.74 Å². The van der Waals surface area contributed by atoms with Crippen LogP contribution in [0.4, 0.5) is 0 Å². The van der Waals surface area contributed by atoms with Crippen molar-refractivity contribution >= 4 is 27.6 Å². The van der Waals surface area contributed by atoms with Crippen LogP contribution in [0.2, 0.25) is 0 Å². The second kappa shape index (κ2) is 23.9. The first kappa shape index (κ1) is 51.8. The number of hydrogen-bond donors (Lipinski definition) is 3. The van der Waals surface area contributed by atoms with Crippen LogP contribution >= 0.6 is 0 Å². The molecule has 5 saturated heterocycles. The van der Waals surface area contributed by atoms with Gasteiger partial charge >= 0.3 is 0 Å². The number of carbonyl (C=O) groups is 3. The standard InChI is InChI=1S/C17H32N2O.C16H30N2O2.C15H28N2O3S/c1-17(2)10-11-19(16(20)15(12-17)18-3)13-14-8-6-4-5-7-9-14;1-16(2)8-9-18(15(19)14(11-16)17-3)12-13-7-5-4-6-10-20-13;1-15(2)7-8-17(14(18)13(10-15)16-3)11-12-6-4-5-9-21(12,19)20/h14-15,18H,4-13H2,1-3H3;13-14,17H,4-12H2,1-3H3;12-13,16H,4-11H2,1-3H3. The molecule has 5 unspecified atom stereocenters. The molecule has 0 spiro atoms. The molecule has 0 aromatic carbocycles. The average Bonchev–Trinajstić information content (AvgIpc) is 3.74. The maximum atomic E-state index is 12.7. The van der Waals surface area contributed by atoms with Crippen molar-refractivity contribution in [1.29, 1.82) is 0 Å². The van der Waals surface area contributed by atoms with Crippen molar-refractivity contribution in [2.24, 2.45) is 22.2 Å². The average molecular weight is 879 g/mol. The van der Waals surface area contributed by atoms with E-state index >= 15 is 0 Å². The minimum absolute atomic E-state index is 0.0123. The lowest BCUT2D eigenvalue weighted by atomic mass is 9.83. The second-order valence-electron chi connectivity index (χ2n) is 21.9. The first-order chi connectivity index (χ1) is 28.8. The van der Waals surface area contributed by atoms with E-state index in [1.807, 2.05) is 19.0 Å². The van der Waals surface area contributed by atoms with Gasteiger partial charge in [0.15, 0.2) is 9.84 Å². The molecule has 6 rings (SSSR count). The van der Waals surface area contributed by atoms with Crippen LogP contribution in [0.25, 0.3) is 0 Å². The van der Waals surface area contributed by atoms with Crippen LogP contribution in [-0.4, -0.2) is 143 Å². The van der Waals surface area contributed by atoms with Gasteiger partial charge in [0, 0.05) is 45.9 Å². The summed E-state index contributed by atoms with van der Waals surface area (Å²) in [5.74, 6) is 1.66. The van der Waals surface area contributed by atoms with Crippen molar-refractivity contribution in [3.8, 4) is 0 Å². The van der Waals surface area contributed by atoms with Gasteiger partial charge < -0.3 is 35.4 Å². The first-order valence-electron chi connectivity index (χ1n) is 24.5. The summed E-state index contributed by atoms with van der Waals surface area (Å²) in [5.41, 5.74) is 0.591. The molecule has 0 bridgehead atoms. The predicted octanol–water partition coefficient (Wildman–Crippen LogP) is 6.57. The molecule has 5 aliphatic heterocycles. The highest BCUT2D eigenvalue weighted by molar-refractivity contribution is 7.92. The van der Waals surface area contributed by atoms with Gasteiger partial charge in [-0.1, -0.05) is 86.5 Å². The molecule has 0 aromatic rings. The van der Waals surface area contributed by atoms with Crippen LogP contribution in [0.15, 0.2) is 0 Å². The summed E-state index contributed by atoms with van der Waals surface area (Å²) in [6.45, 7) is 18.9. The monoisotopic (exact) mass is 879 g/mol. The second-order valence-corrected chi connectivity index (χ2v) is 24.3. The molecular weight excluding hydrogens is 789 g/mol. The van der Waals surface area contributed by atoms with E-state index in [1.165, 1.54) is 51.4 Å². The number of carbonyl (C=O) groups excluding carboxylic acids is 3. The van der Waals surface area contributed by atoms with Crippen LogP contribution in [-0.2, 0) is 29.0 Å². The number of hydrogen-bond acceptors (Lipinski definition) is 9. The number of nitrogens with zero attached hydrogens (tertiary/aromatic N) is 3. The molecule has 6 aliphatic rings. The maximum Gasteiger partial charge on any atom is 0.239 e. The molecule has 354 valence electrons. The summed E-state index contributed by atoms with van der Waals surface area (Å²) in [5, 5.41) is 9.16. The molecule has 13 heteroatoms. The molecule has 3 amide bonds. The van der Waals surface area contributed by atoms with Crippen LogP contribution in [0, 0.1) is 22.2 Å². The van der Waals surface area contributed by atoms with Crippen molar-refractivity contribution in [2.45, 2.75) is 193 Å². The Hall–Kier alpha value is -1.80. The van der Waals surface area contributed by atoms with Crippen molar-refractivity contribution in [1.82, 2.24) is 30.7 Å². The third-order valence-electron chi connectivity index (χ3n) is 14.9. The summed E-state index contributed by atoms with van der Waals surface area (Å²) in [7, 11) is 2.60. The van der Waals surface area contributed by atoms with Crippen molar-refractivity contribution in [3.63, 3.8) is 0 Å². The van der Waals surface area contributed by atoms with E-state index in [2.05, 4.69) is 62.4 Å². The zero-order chi connectivity index (χ0) is 44.8. The predicted molar refractivity (Wildman–Crippen MR) is 248 cm³/mol. The van der Waals surface area contributed by atoms with Gasteiger partial charge in [-0.3, -0.25) is 14.4 Å². The molecule has 5 atom stereocenters. The molecule has 0 aromatic heterocycles. The first-order valence-corrected chi connectivity index (χ1v) is 26.2. The summed E-state index contributed by atoms with van der Waals surface area (Å²) < 4.78 is 30.2. The van der Waals surface area contributed by atoms with E-state index in [-0.39, 0.29) is 63.3 Å². The number of ether oxygens (including phenoxy) is 1. The molecule has 0 radical (unpaired) electrons. The fourth-order valence-corrected chi connectivity index (χ4v) is 12.3. The molecular formula is C48H90N6O6S. The maximum absolute atomic E-state index is 12.7. The summed E-state index contributed by atoms with van der Waals surface area (Å²) in [4.78, 5) is 43.9. The van der Waals surface area contributed by atoms with Gasteiger partial charge in [-0.15, -0.1) is 0 Å². The lowest BCUT2D eigenvalue weighted by molar-refractivity contribution is -0.135. The molecule has 5 heterocycles. The van der Waals surface area contributed by atoms with E-state index < -0.39 is 9.84 Å². The van der Waals surface area contributed by atoms with E-state index in [1.54, 1.807) is 11.9 Å². The third-order valence-corrected chi connectivity index (χ3v) is 17.1. The Bertz CT molecular complexity index is 1410. The van der Waals surface area contributed by atoms with Crippen LogP contribution < -0.4 is 16.0 Å². The smallest absolute Gasteiger partial charge is 0.239 e. The Morgan fingerprint density at radius 1 is 0.541 bits per heavy atom. The minimum atomic E-state index is -3.03. The van der Waals surface area contributed by atoms with E-state index in [9.17, 15) is 22.8 Å². The zero-order valence-corrected chi connectivity index (χ0v) is 41.1. The Balaban J connectivity index is 0.000000202. The lowest BCUT2D eigenvalue weighted by Gasteiger charge is -2.30. The molecule has 1 saturated carbocycles. The number of rotatable bonds is 9. The summed E-state index contributed by atoms with van der Waals surface area (Å²) in [6.07, 6.45) is 21.3. The van der Waals surface area contributed by atoms with Crippen LogP contribution in [0.1, 0.15) is 164 Å². The third kappa shape index (κ3) is 16.6. The number of likely N-dealkylation sites (N-methyl/N-ethyl adjacent to an activating group) is 3. The quantitative estimate of drug-likeness (QED) is 0.220. The van der Waals surface area contributed by atoms with Gasteiger partial charge in [-0.2, -0.15) is 0 Å². The van der Waals surface area contributed by atoms with E-state index in [0.717, 1.165) is 103 Å². The van der Waals surface area contributed by atoms with Crippen molar-refractivity contribution in [3.05, 3.63) is 0 Å². The Morgan fingerprint density at radius 3 is 1.41 bits per heavy atom. The van der Waals surface area contributed by atoms with Crippen LogP contribution in [0.5, 0.6) is 0 Å². The van der Waals surface area contributed by atoms with Crippen molar-refractivity contribution < 1.29 is 27.5 Å². The van der Waals surface area contributed by atoms with Gasteiger partial charge in [0.2, 0.25) is 17.7 Å². The van der Waals surface area contributed by atoms with Gasteiger partial charge in [-0.05, 0) is 120 Å². The number of sulfone groups is 1. The normalized spacial score (nSPS) is 31.2. The number of nitrogens with one attached hydrogen (secondary N) is 3. The zero-order valence-electron chi connectivity index (χ0n) is 40.3. The van der Waals surface area contributed by atoms with Crippen LogP contribution in [0.3, 0.4) is 0 Å². The van der Waals surface area contributed by atoms with Gasteiger partial charge in [0.05, 0.1) is 35.2 Å². The number of likely N-dealkylation sites (tertiary alicyclic amines) is 3. The summed E-state index contributed by atoms with van der Waals surface area (Å²) >= 11 is 0. The summed E-state index contributed by atoms with van der Waals surface area (Å²) in [6, 6.07) is -0.231. The van der Waals surface area contributed by atoms with Gasteiger partial charge in [0.1, 0.15) is 0 Å². The van der Waals surface area contributed by atoms with Gasteiger partial charge in [-0.25, -0.2) is 8.42 Å². The SMILES string of the molecule is CNC1CC(C)(C)CCN(CC2CCCCCC2)C1=O.CNC1CC(C)(C)CCN(CC2CCCCCO2)C1=O.CNC1CC(C)(C)CCN(CC2CCCCS2(=O)=O)C1=O. The molecule has 6 fully saturated rings. The van der Waals surface area contributed by atoms with Gasteiger partial charge in [0.25, 0.3) is 0 Å². The highest BCUT2D eigenvalue weighted by Crippen LogP contribution is 2.34. The largest absolute Gasteiger partial charge is 0.376 e. The molecule has 1 aliphatic carbocycles. The lowest BCUT2D eigenvalue weighted by Crippen LogP contribution is -2.48. The molecule has 61 heavy (non-hydrogen) atoms. The fraction of sp³-hybridized carbons (Fsp3) is 0.938. The highest BCUT2D eigenvalue weighted by Gasteiger charge is 2.39. The topological polar surface area (TPSA) is 140 Å². The molecule has 12 nitrogen and oxygen atoms in total. The fourth-order valence-electron chi connectivity index (χ4n) is 10.5.